The predicted molar refractivity (Wildman–Crippen MR) is 70.4 cm³/mol. The molecule has 0 fully saturated rings. The number of rotatable bonds is 6. The molecule has 0 amide bonds. The van der Waals surface area contributed by atoms with Crippen LogP contribution in [0.25, 0.3) is 0 Å². The number of nitrogens with zero attached hydrogens (tertiary/aromatic N) is 2. The predicted octanol–water partition coefficient (Wildman–Crippen LogP) is 2.30. The van der Waals surface area contributed by atoms with Crippen molar-refractivity contribution in [3.05, 3.63) is 34.9 Å². The average Bonchev–Trinajstić information content (AvgIpc) is 2.32. The van der Waals surface area contributed by atoms with Gasteiger partial charge in [0.15, 0.2) is 5.84 Å². The monoisotopic (exact) mass is 255 g/mol. The molecule has 0 saturated heterocycles. The van der Waals surface area contributed by atoms with Crippen LogP contribution in [0.3, 0.4) is 0 Å². The van der Waals surface area contributed by atoms with Gasteiger partial charge in [0.1, 0.15) is 0 Å². The van der Waals surface area contributed by atoms with Crippen molar-refractivity contribution < 1.29 is 5.21 Å². The van der Waals surface area contributed by atoms with Crippen molar-refractivity contribution in [2.45, 2.75) is 19.9 Å². The summed E-state index contributed by atoms with van der Waals surface area (Å²) in [5.74, 6) is 0.213. The SMILES string of the molecule is CCCN(CC(N)=NO)Cc1ccccc1Cl. The first kappa shape index (κ1) is 13.8. The van der Waals surface area contributed by atoms with Crippen LogP contribution in [0.4, 0.5) is 0 Å². The second-order valence-electron chi connectivity index (χ2n) is 3.89. The molecule has 0 aliphatic carbocycles. The Balaban J connectivity index is 2.69. The lowest BCUT2D eigenvalue weighted by atomic mass is 10.2. The van der Waals surface area contributed by atoms with Crippen molar-refractivity contribution in [2.75, 3.05) is 13.1 Å². The van der Waals surface area contributed by atoms with Crippen molar-refractivity contribution in [2.24, 2.45) is 10.9 Å². The highest BCUT2D eigenvalue weighted by Crippen LogP contribution is 2.16. The van der Waals surface area contributed by atoms with E-state index >= 15 is 0 Å². The molecule has 1 rings (SSSR count). The summed E-state index contributed by atoms with van der Waals surface area (Å²) in [6.45, 7) is 4.10. The van der Waals surface area contributed by atoms with Crippen molar-refractivity contribution >= 4 is 17.4 Å². The van der Waals surface area contributed by atoms with Crippen molar-refractivity contribution in [1.82, 2.24) is 4.90 Å². The van der Waals surface area contributed by atoms with Crippen LogP contribution in [-0.2, 0) is 6.54 Å². The number of nitrogens with two attached hydrogens (primary N) is 1. The fraction of sp³-hybridized carbons (Fsp3) is 0.417. The van der Waals surface area contributed by atoms with Crippen LogP contribution in [0.15, 0.2) is 29.4 Å². The minimum atomic E-state index is 0.213. The summed E-state index contributed by atoms with van der Waals surface area (Å²) in [6.07, 6.45) is 1.00. The van der Waals surface area contributed by atoms with E-state index in [0.717, 1.165) is 23.6 Å². The molecule has 5 heteroatoms. The molecular weight excluding hydrogens is 238 g/mol. The molecule has 0 aromatic heterocycles. The molecule has 0 spiro atoms. The number of hydrogen-bond donors (Lipinski definition) is 2. The lowest BCUT2D eigenvalue weighted by Crippen LogP contribution is -2.34. The second-order valence-corrected chi connectivity index (χ2v) is 4.30. The van der Waals surface area contributed by atoms with Gasteiger partial charge in [-0.15, -0.1) is 0 Å². The zero-order valence-electron chi connectivity index (χ0n) is 9.93. The van der Waals surface area contributed by atoms with Gasteiger partial charge in [0.2, 0.25) is 0 Å². The molecule has 0 radical (unpaired) electrons. The number of amidine groups is 1. The van der Waals surface area contributed by atoms with E-state index in [1.807, 2.05) is 24.3 Å². The Morgan fingerprint density at radius 2 is 2.18 bits per heavy atom. The van der Waals surface area contributed by atoms with E-state index in [-0.39, 0.29) is 5.84 Å². The van der Waals surface area contributed by atoms with Gasteiger partial charge in [-0.2, -0.15) is 0 Å². The molecule has 1 aromatic rings. The van der Waals surface area contributed by atoms with Gasteiger partial charge in [-0.1, -0.05) is 41.9 Å². The highest BCUT2D eigenvalue weighted by molar-refractivity contribution is 6.31. The van der Waals surface area contributed by atoms with Crippen molar-refractivity contribution in [3.8, 4) is 0 Å². The van der Waals surface area contributed by atoms with E-state index in [9.17, 15) is 0 Å². The van der Waals surface area contributed by atoms with E-state index in [4.69, 9.17) is 22.5 Å². The molecule has 0 heterocycles. The molecule has 3 N–H and O–H groups in total. The largest absolute Gasteiger partial charge is 0.409 e. The number of halogens is 1. The molecule has 17 heavy (non-hydrogen) atoms. The normalized spacial score (nSPS) is 12.1. The molecule has 0 atom stereocenters. The Hall–Kier alpha value is -1.26. The smallest absolute Gasteiger partial charge is 0.153 e. The quantitative estimate of drug-likeness (QED) is 0.355. The van der Waals surface area contributed by atoms with Crippen LogP contribution in [-0.4, -0.2) is 29.0 Å². The molecular formula is C12H18ClN3O. The minimum Gasteiger partial charge on any atom is -0.409 e. The van der Waals surface area contributed by atoms with Crippen LogP contribution < -0.4 is 5.73 Å². The third kappa shape index (κ3) is 4.63. The second kappa shape index (κ2) is 7.14. The lowest BCUT2D eigenvalue weighted by Gasteiger charge is -2.21. The van der Waals surface area contributed by atoms with Gasteiger partial charge in [-0.05, 0) is 24.6 Å². The van der Waals surface area contributed by atoms with Gasteiger partial charge < -0.3 is 10.9 Å². The number of benzene rings is 1. The van der Waals surface area contributed by atoms with Crippen molar-refractivity contribution in [1.29, 1.82) is 0 Å². The van der Waals surface area contributed by atoms with Gasteiger partial charge in [0.25, 0.3) is 0 Å². The minimum absolute atomic E-state index is 0.213. The summed E-state index contributed by atoms with van der Waals surface area (Å²) >= 11 is 6.10. The Morgan fingerprint density at radius 1 is 1.47 bits per heavy atom. The van der Waals surface area contributed by atoms with Crippen LogP contribution in [0.1, 0.15) is 18.9 Å². The summed E-state index contributed by atoms with van der Waals surface area (Å²) in [7, 11) is 0. The average molecular weight is 256 g/mol. The van der Waals surface area contributed by atoms with Crippen LogP contribution in [0.5, 0.6) is 0 Å². The Kier molecular flexibility index (Phi) is 5.80. The van der Waals surface area contributed by atoms with Gasteiger partial charge >= 0.3 is 0 Å². The molecule has 0 saturated carbocycles. The molecule has 0 aliphatic rings. The Bertz CT molecular complexity index is 382. The maximum atomic E-state index is 8.58. The lowest BCUT2D eigenvalue weighted by molar-refractivity contribution is 0.286. The van der Waals surface area contributed by atoms with Crippen molar-refractivity contribution in [3.63, 3.8) is 0 Å². The summed E-state index contributed by atoms with van der Waals surface area (Å²) < 4.78 is 0. The van der Waals surface area contributed by atoms with Crippen LogP contribution in [0, 0.1) is 0 Å². The topological polar surface area (TPSA) is 61.8 Å². The molecule has 1 aromatic carbocycles. The molecule has 94 valence electrons. The van der Waals surface area contributed by atoms with Gasteiger partial charge in [0, 0.05) is 11.6 Å². The maximum Gasteiger partial charge on any atom is 0.153 e. The molecule has 0 aliphatic heterocycles. The van der Waals surface area contributed by atoms with Gasteiger partial charge in [-0.25, -0.2) is 0 Å². The summed E-state index contributed by atoms with van der Waals surface area (Å²) in [6, 6.07) is 7.70. The first-order chi connectivity index (χ1) is 8.17. The fourth-order valence-corrected chi connectivity index (χ4v) is 1.85. The highest BCUT2D eigenvalue weighted by Gasteiger charge is 2.09. The molecule has 0 bridgehead atoms. The number of oxime groups is 1. The van der Waals surface area contributed by atoms with E-state index in [2.05, 4.69) is 17.0 Å². The first-order valence-corrected chi connectivity index (χ1v) is 5.97. The summed E-state index contributed by atoms with van der Waals surface area (Å²) in [5, 5.41) is 12.3. The zero-order chi connectivity index (χ0) is 12.7. The van der Waals surface area contributed by atoms with E-state index in [0.29, 0.717) is 13.1 Å². The third-order valence-electron chi connectivity index (χ3n) is 2.41. The van der Waals surface area contributed by atoms with E-state index < -0.39 is 0 Å². The standard InChI is InChI=1S/C12H18ClN3O/c1-2-7-16(9-12(14)15-17)8-10-5-3-4-6-11(10)13/h3-6,17H,2,7-9H2,1H3,(H2,14,15). The van der Waals surface area contributed by atoms with Crippen LogP contribution in [0.2, 0.25) is 5.02 Å². The first-order valence-electron chi connectivity index (χ1n) is 5.59. The molecule has 0 unspecified atom stereocenters. The fourth-order valence-electron chi connectivity index (χ4n) is 1.66. The zero-order valence-corrected chi connectivity index (χ0v) is 10.7. The highest BCUT2D eigenvalue weighted by atomic mass is 35.5. The Labute approximate surface area is 107 Å². The maximum absolute atomic E-state index is 8.58. The van der Waals surface area contributed by atoms with Gasteiger partial charge in [-0.3, -0.25) is 4.90 Å². The third-order valence-corrected chi connectivity index (χ3v) is 2.77. The summed E-state index contributed by atoms with van der Waals surface area (Å²) in [4.78, 5) is 2.09. The summed E-state index contributed by atoms with van der Waals surface area (Å²) in [5.41, 5.74) is 6.57. The molecule has 4 nitrogen and oxygen atoms in total. The van der Waals surface area contributed by atoms with Crippen LogP contribution >= 0.6 is 11.6 Å². The van der Waals surface area contributed by atoms with Gasteiger partial charge in [0.05, 0.1) is 6.54 Å². The van der Waals surface area contributed by atoms with E-state index in [1.54, 1.807) is 0 Å². The Morgan fingerprint density at radius 3 is 2.76 bits per heavy atom. The number of hydrogen-bond acceptors (Lipinski definition) is 3. The van der Waals surface area contributed by atoms with E-state index in [1.165, 1.54) is 0 Å².